The van der Waals surface area contributed by atoms with Crippen molar-refractivity contribution >= 4 is 34.0 Å². The summed E-state index contributed by atoms with van der Waals surface area (Å²) in [5.41, 5.74) is 2.52. The fraction of sp³-hybridized carbons (Fsp3) is 0.111. The molecule has 0 bridgehead atoms. The van der Waals surface area contributed by atoms with Crippen LogP contribution in [0.4, 0.5) is 10.8 Å². The molecule has 26 heavy (non-hydrogen) atoms. The molecule has 3 aromatic rings. The SMILES string of the molecule is CC(=O)Nc1ccc(-c2csc(NC(=O)c3ccc(C)[nH]c3=O)n2)cc1. The van der Waals surface area contributed by atoms with Crippen LogP contribution < -0.4 is 16.2 Å². The van der Waals surface area contributed by atoms with Gasteiger partial charge in [-0.25, -0.2) is 4.98 Å². The summed E-state index contributed by atoms with van der Waals surface area (Å²) in [6.45, 7) is 3.19. The average Bonchev–Trinajstić information content (AvgIpc) is 3.03. The van der Waals surface area contributed by atoms with Gasteiger partial charge < -0.3 is 10.3 Å². The number of carbonyl (C=O) groups is 2. The number of hydrogen-bond donors (Lipinski definition) is 3. The Labute approximate surface area is 153 Å². The Balaban J connectivity index is 1.74. The first-order valence-corrected chi connectivity index (χ1v) is 8.65. The molecule has 0 fully saturated rings. The number of benzene rings is 1. The highest BCUT2D eigenvalue weighted by atomic mass is 32.1. The molecule has 8 heteroatoms. The molecule has 0 atom stereocenters. The summed E-state index contributed by atoms with van der Waals surface area (Å²) in [6.07, 6.45) is 0. The molecule has 132 valence electrons. The van der Waals surface area contributed by atoms with Crippen molar-refractivity contribution in [2.24, 2.45) is 0 Å². The van der Waals surface area contributed by atoms with E-state index < -0.39 is 11.5 Å². The van der Waals surface area contributed by atoms with E-state index in [4.69, 9.17) is 0 Å². The fourth-order valence-electron chi connectivity index (χ4n) is 2.31. The highest BCUT2D eigenvalue weighted by Gasteiger charge is 2.13. The van der Waals surface area contributed by atoms with E-state index in [1.54, 1.807) is 25.1 Å². The van der Waals surface area contributed by atoms with E-state index in [2.05, 4.69) is 20.6 Å². The monoisotopic (exact) mass is 368 g/mol. The lowest BCUT2D eigenvalue weighted by molar-refractivity contribution is -0.114. The molecule has 0 spiro atoms. The maximum atomic E-state index is 12.2. The fourth-order valence-corrected chi connectivity index (χ4v) is 3.02. The Morgan fingerprint density at radius 3 is 2.46 bits per heavy atom. The van der Waals surface area contributed by atoms with Crippen molar-refractivity contribution in [3.05, 3.63) is 63.4 Å². The zero-order valence-electron chi connectivity index (χ0n) is 14.1. The average molecular weight is 368 g/mol. The lowest BCUT2D eigenvalue weighted by Gasteiger charge is -2.03. The van der Waals surface area contributed by atoms with Crippen molar-refractivity contribution in [1.82, 2.24) is 9.97 Å². The van der Waals surface area contributed by atoms with Crippen LogP contribution in [0.2, 0.25) is 0 Å². The number of H-pyrrole nitrogens is 1. The molecule has 0 saturated heterocycles. The van der Waals surface area contributed by atoms with Crippen LogP contribution in [0.25, 0.3) is 11.3 Å². The van der Waals surface area contributed by atoms with Gasteiger partial charge in [-0.15, -0.1) is 11.3 Å². The van der Waals surface area contributed by atoms with Gasteiger partial charge in [0.15, 0.2) is 5.13 Å². The number of pyridine rings is 1. The van der Waals surface area contributed by atoms with Gasteiger partial charge in [0.25, 0.3) is 11.5 Å². The number of aryl methyl sites for hydroxylation is 1. The Morgan fingerprint density at radius 2 is 1.81 bits per heavy atom. The summed E-state index contributed by atoms with van der Waals surface area (Å²) in [7, 11) is 0. The summed E-state index contributed by atoms with van der Waals surface area (Å²) >= 11 is 1.27. The van der Waals surface area contributed by atoms with E-state index in [0.29, 0.717) is 22.2 Å². The molecular formula is C18H16N4O3S. The second-order valence-corrected chi connectivity index (χ2v) is 6.49. The first kappa shape index (κ1) is 17.6. The molecule has 0 aliphatic carbocycles. The number of amides is 2. The van der Waals surface area contributed by atoms with Crippen LogP contribution >= 0.6 is 11.3 Å². The Hall–Kier alpha value is -3.26. The summed E-state index contributed by atoms with van der Waals surface area (Å²) in [4.78, 5) is 42.1. The van der Waals surface area contributed by atoms with Crippen molar-refractivity contribution < 1.29 is 9.59 Å². The van der Waals surface area contributed by atoms with E-state index in [0.717, 1.165) is 5.56 Å². The van der Waals surface area contributed by atoms with E-state index >= 15 is 0 Å². The van der Waals surface area contributed by atoms with Gasteiger partial charge in [-0.3, -0.25) is 19.7 Å². The number of rotatable bonds is 4. The molecular weight excluding hydrogens is 352 g/mol. The minimum atomic E-state index is -0.506. The van der Waals surface area contributed by atoms with Gasteiger partial charge in [-0.1, -0.05) is 12.1 Å². The maximum absolute atomic E-state index is 12.2. The molecule has 0 radical (unpaired) electrons. The number of aromatic nitrogens is 2. The molecule has 3 N–H and O–H groups in total. The molecule has 7 nitrogen and oxygen atoms in total. The van der Waals surface area contributed by atoms with Gasteiger partial charge >= 0.3 is 0 Å². The van der Waals surface area contributed by atoms with E-state index in [1.807, 2.05) is 17.5 Å². The topological polar surface area (TPSA) is 104 Å². The zero-order valence-corrected chi connectivity index (χ0v) is 14.9. The number of thiazole rings is 1. The van der Waals surface area contributed by atoms with Crippen molar-refractivity contribution in [3.63, 3.8) is 0 Å². The predicted molar refractivity (Wildman–Crippen MR) is 102 cm³/mol. The molecule has 1 aromatic carbocycles. The van der Waals surface area contributed by atoms with Gasteiger partial charge in [-0.05, 0) is 31.2 Å². The van der Waals surface area contributed by atoms with Crippen LogP contribution in [0.5, 0.6) is 0 Å². The lowest BCUT2D eigenvalue weighted by Crippen LogP contribution is -2.23. The van der Waals surface area contributed by atoms with Crippen LogP contribution in [0.3, 0.4) is 0 Å². The standard InChI is InChI=1S/C18H16N4O3S/c1-10-3-8-14(16(24)19-10)17(25)22-18-21-15(9-26-18)12-4-6-13(7-5-12)20-11(2)23/h3-9H,1-2H3,(H,19,24)(H,20,23)(H,21,22,25). The van der Waals surface area contributed by atoms with E-state index in [1.165, 1.54) is 24.3 Å². The summed E-state index contributed by atoms with van der Waals surface area (Å²) < 4.78 is 0. The maximum Gasteiger partial charge on any atom is 0.263 e. The highest BCUT2D eigenvalue weighted by molar-refractivity contribution is 7.14. The Kier molecular flexibility index (Phi) is 4.94. The van der Waals surface area contributed by atoms with Crippen molar-refractivity contribution in [1.29, 1.82) is 0 Å². The zero-order chi connectivity index (χ0) is 18.7. The quantitative estimate of drug-likeness (QED) is 0.658. The third-order valence-corrected chi connectivity index (χ3v) is 4.28. The number of anilines is 2. The summed E-state index contributed by atoms with van der Waals surface area (Å²) in [6, 6.07) is 10.4. The largest absolute Gasteiger partial charge is 0.326 e. The number of nitrogens with one attached hydrogen (secondary N) is 3. The minimum absolute atomic E-state index is 0.0343. The molecule has 0 saturated carbocycles. The third-order valence-electron chi connectivity index (χ3n) is 3.53. The smallest absolute Gasteiger partial charge is 0.263 e. The van der Waals surface area contributed by atoms with Crippen LogP contribution in [0, 0.1) is 6.92 Å². The van der Waals surface area contributed by atoms with Crippen LogP contribution in [0.1, 0.15) is 23.0 Å². The van der Waals surface area contributed by atoms with Crippen LogP contribution in [0.15, 0.2) is 46.6 Å². The minimum Gasteiger partial charge on any atom is -0.326 e. The third kappa shape index (κ3) is 4.04. The van der Waals surface area contributed by atoms with E-state index in [-0.39, 0.29) is 11.5 Å². The molecule has 0 aliphatic heterocycles. The van der Waals surface area contributed by atoms with Crippen LogP contribution in [-0.2, 0) is 4.79 Å². The van der Waals surface area contributed by atoms with Gasteiger partial charge in [-0.2, -0.15) is 0 Å². The molecule has 3 rings (SSSR count). The molecule has 0 unspecified atom stereocenters. The number of aromatic amines is 1. The second kappa shape index (κ2) is 7.32. The number of nitrogens with zero attached hydrogens (tertiary/aromatic N) is 1. The molecule has 2 amide bonds. The first-order valence-electron chi connectivity index (χ1n) is 7.77. The second-order valence-electron chi connectivity index (χ2n) is 5.63. The Bertz CT molecular complexity index is 1020. The van der Waals surface area contributed by atoms with Crippen LogP contribution in [-0.4, -0.2) is 21.8 Å². The lowest BCUT2D eigenvalue weighted by atomic mass is 10.1. The number of hydrogen-bond acceptors (Lipinski definition) is 5. The summed E-state index contributed by atoms with van der Waals surface area (Å²) in [5, 5.41) is 7.54. The normalized spacial score (nSPS) is 10.4. The van der Waals surface area contributed by atoms with Crippen molar-refractivity contribution in [2.45, 2.75) is 13.8 Å². The first-order chi connectivity index (χ1) is 12.4. The summed E-state index contributed by atoms with van der Waals surface area (Å²) in [5.74, 6) is -0.643. The predicted octanol–water partition coefficient (Wildman–Crippen LogP) is 3.02. The Morgan fingerprint density at radius 1 is 1.08 bits per heavy atom. The van der Waals surface area contributed by atoms with Gasteiger partial charge in [0.1, 0.15) is 5.56 Å². The highest BCUT2D eigenvalue weighted by Crippen LogP contribution is 2.26. The molecule has 0 aliphatic rings. The van der Waals surface area contributed by atoms with Crippen molar-refractivity contribution in [3.8, 4) is 11.3 Å². The van der Waals surface area contributed by atoms with Gasteiger partial charge in [0, 0.05) is 29.2 Å². The van der Waals surface area contributed by atoms with Gasteiger partial charge in [0.2, 0.25) is 5.91 Å². The molecule has 2 aromatic heterocycles. The van der Waals surface area contributed by atoms with Crippen molar-refractivity contribution in [2.75, 3.05) is 10.6 Å². The molecule has 2 heterocycles. The number of carbonyl (C=O) groups excluding carboxylic acids is 2. The van der Waals surface area contributed by atoms with Gasteiger partial charge in [0.05, 0.1) is 5.69 Å². The van der Waals surface area contributed by atoms with E-state index in [9.17, 15) is 14.4 Å².